The van der Waals surface area contributed by atoms with E-state index in [9.17, 15) is 4.39 Å². The standard InChI is InChI=1S/C15H18BrFN4.ClH/c1-20-6-5-19-15(20)14-9-18-4-7-21(14)10-11-2-3-13(17)12(16)8-11;/h2-3,5-6,8,14,18H,4,7,9-10H2,1H3;1H. The highest BCUT2D eigenvalue weighted by molar-refractivity contribution is 9.10. The molecule has 1 unspecified atom stereocenters. The summed E-state index contributed by atoms with van der Waals surface area (Å²) in [7, 11) is 2.02. The number of imidazole rings is 1. The molecule has 1 fully saturated rings. The molecule has 0 saturated carbocycles. The quantitative estimate of drug-likeness (QED) is 0.876. The molecule has 2 aromatic rings. The second-order valence-electron chi connectivity index (χ2n) is 5.34. The molecule has 7 heteroatoms. The number of piperazine rings is 1. The van der Waals surface area contributed by atoms with Crippen molar-refractivity contribution in [3.63, 3.8) is 0 Å². The lowest BCUT2D eigenvalue weighted by Gasteiger charge is -2.35. The van der Waals surface area contributed by atoms with Gasteiger partial charge >= 0.3 is 0 Å². The monoisotopic (exact) mass is 388 g/mol. The summed E-state index contributed by atoms with van der Waals surface area (Å²) in [5, 5.41) is 3.42. The van der Waals surface area contributed by atoms with E-state index in [2.05, 4.69) is 35.7 Å². The molecule has 120 valence electrons. The molecule has 22 heavy (non-hydrogen) atoms. The predicted molar refractivity (Wildman–Crippen MR) is 90.6 cm³/mol. The molecule has 3 rings (SSSR count). The lowest BCUT2D eigenvalue weighted by atomic mass is 10.1. The summed E-state index contributed by atoms with van der Waals surface area (Å²) in [5.41, 5.74) is 1.10. The fraction of sp³-hybridized carbons (Fsp3) is 0.400. The van der Waals surface area contributed by atoms with Crippen molar-refractivity contribution >= 4 is 28.3 Å². The first kappa shape index (κ1) is 17.4. The molecule has 1 aromatic carbocycles. The summed E-state index contributed by atoms with van der Waals surface area (Å²) in [6, 6.07) is 5.45. The van der Waals surface area contributed by atoms with Crippen molar-refractivity contribution in [3.05, 3.63) is 52.3 Å². The minimum atomic E-state index is -0.222. The molecule has 0 radical (unpaired) electrons. The zero-order chi connectivity index (χ0) is 14.8. The Morgan fingerprint density at radius 2 is 2.27 bits per heavy atom. The van der Waals surface area contributed by atoms with E-state index in [1.165, 1.54) is 6.07 Å². The van der Waals surface area contributed by atoms with Gasteiger partial charge in [0.25, 0.3) is 0 Å². The van der Waals surface area contributed by atoms with E-state index in [1.54, 1.807) is 0 Å². The molecular weight excluding hydrogens is 371 g/mol. The Bertz CT molecular complexity index is 634. The van der Waals surface area contributed by atoms with Crippen molar-refractivity contribution in [1.82, 2.24) is 19.8 Å². The second kappa shape index (κ2) is 7.55. The molecule has 4 nitrogen and oxygen atoms in total. The number of hydrogen-bond donors (Lipinski definition) is 1. The van der Waals surface area contributed by atoms with Crippen molar-refractivity contribution in [2.45, 2.75) is 12.6 Å². The molecule has 1 saturated heterocycles. The Morgan fingerprint density at radius 3 is 2.95 bits per heavy atom. The van der Waals surface area contributed by atoms with E-state index in [0.29, 0.717) is 4.47 Å². The number of halogens is 3. The van der Waals surface area contributed by atoms with Gasteiger partial charge in [0.2, 0.25) is 0 Å². The van der Waals surface area contributed by atoms with Crippen molar-refractivity contribution in [3.8, 4) is 0 Å². The Balaban J connectivity index is 0.00000176. The Morgan fingerprint density at radius 1 is 1.45 bits per heavy atom. The van der Waals surface area contributed by atoms with Crippen LogP contribution >= 0.6 is 28.3 Å². The molecule has 0 spiro atoms. The third kappa shape index (κ3) is 3.68. The summed E-state index contributed by atoms with van der Waals surface area (Å²) in [6.07, 6.45) is 3.80. The second-order valence-corrected chi connectivity index (χ2v) is 6.19. The Labute approximate surface area is 144 Å². The molecule has 1 N–H and O–H groups in total. The number of rotatable bonds is 3. The van der Waals surface area contributed by atoms with Crippen molar-refractivity contribution in [2.75, 3.05) is 19.6 Å². The first-order valence-electron chi connectivity index (χ1n) is 7.01. The highest BCUT2D eigenvalue weighted by Gasteiger charge is 2.26. The molecule has 1 aliphatic heterocycles. The molecule has 1 aliphatic rings. The number of aromatic nitrogens is 2. The van der Waals surface area contributed by atoms with E-state index in [4.69, 9.17) is 0 Å². The van der Waals surface area contributed by atoms with Gasteiger partial charge in [0.1, 0.15) is 11.6 Å². The number of nitrogens with zero attached hydrogens (tertiary/aromatic N) is 3. The van der Waals surface area contributed by atoms with Crippen LogP contribution in [-0.2, 0) is 13.6 Å². The lowest BCUT2D eigenvalue weighted by molar-refractivity contribution is 0.144. The van der Waals surface area contributed by atoms with Crippen LogP contribution in [0.1, 0.15) is 17.4 Å². The summed E-state index contributed by atoms with van der Waals surface area (Å²) in [6.45, 7) is 3.58. The topological polar surface area (TPSA) is 33.1 Å². The zero-order valence-corrected chi connectivity index (χ0v) is 14.7. The Hall–Kier alpha value is -0.950. The van der Waals surface area contributed by atoms with Gasteiger partial charge < -0.3 is 9.88 Å². The smallest absolute Gasteiger partial charge is 0.137 e. The summed E-state index contributed by atoms with van der Waals surface area (Å²) in [5.74, 6) is 0.836. The first-order chi connectivity index (χ1) is 10.1. The van der Waals surface area contributed by atoms with Gasteiger partial charge in [-0.2, -0.15) is 0 Å². The maximum Gasteiger partial charge on any atom is 0.137 e. The first-order valence-corrected chi connectivity index (χ1v) is 7.80. The number of benzene rings is 1. The maximum atomic E-state index is 13.3. The molecular formula is C15H19BrClFN4. The number of aryl methyl sites for hydroxylation is 1. The van der Waals surface area contributed by atoms with Gasteiger partial charge in [0, 0.05) is 45.6 Å². The molecule has 0 amide bonds. The van der Waals surface area contributed by atoms with Gasteiger partial charge in [0.05, 0.1) is 10.5 Å². The van der Waals surface area contributed by atoms with Crippen LogP contribution in [-0.4, -0.2) is 34.1 Å². The fourth-order valence-electron chi connectivity index (χ4n) is 2.76. The van der Waals surface area contributed by atoms with Crippen LogP contribution in [0.15, 0.2) is 35.1 Å². The van der Waals surface area contributed by atoms with Gasteiger partial charge in [-0.05, 0) is 33.6 Å². The van der Waals surface area contributed by atoms with Gasteiger partial charge in [0.15, 0.2) is 0 Å². The third-order valence-corrected chi connectivity index (χ3v) is 4.49. The fourth-order valence-corrected chi connectivity index (χ4v) is 3.19. The van der Waals surface area contributed by atoms with E-state index < -0.39 is 0 Å². The van der Waals surface area contributed by atoms with Crippen LogP contribution in [0.5, 0.6) is 0 Å². The van der Waals surface area contributed by atoms with Crippen LogP contribution in [0.2, 0.25) is 0 Å². The molecule has 1 atom stereocenters. The van der Waals surface area contributed by atoms with Crippen LogP contribution < -0.4 is 5.32 Å². The van der Waals surface area contributed by atoms with Crippen LogP contribution in [0.4, 0.5) is 4.39 Å². The maximum absolute atomic E-state index is 13.3. The molecule has 1 aromatic heterocycles. The highest BCUT2D eigenvalue weighted by atomic mass is 79.9. The SMILES string of the molecule is Cl.Cn1ccnc1C1CNCCN1Cc1ccc(F)c(Br)c1. The van der Waals surface area contributed by atoms with E-state index >= 15 is 0 Å². The normalized spacial score (nSPS) is 19.0. The van der Waals surface area contributed by atoms with E-state index in [1.807, 2.05) is 31.6 Å². The average Bonchev–Trinajstić information content (AvgIpc) is 2.90. The predicted octanol–water partition coefficient (Wildman–Crippen LogP) is 2.89. The van der Waals surface area contributed by atoms with Crippen LogP contribution in [0.3, 0.4) is 0 Å². The van der Waals surface area contributed by atoms with Crippen molar-refractivity contribution in [2.24, 2.45) is 7.05 Å². The van der Waals surface area contributed by atoms with Gasteiger partial charge in [-0.1, -0.05) is 6.07 Å². The summed E-state index contributed by atoms with van der Waals surface area (Å²) in [4.78, 5) is 6.86. The lowest BCUT2D eigenvalue weighted by Crippen LogP contribution is -2.46. The highest BCUT2D eigenvalue weighted by Crippen LogP contribution is 2.24. The zero-order valence-electron chi connectivity index (χ0n) is 12.3. The molecule has 0 aliphatic carbocycles. The van der Waals surface area contributed by atoms with E-state index in [0.717, 1.165) is 37.6 Å². The largest absolute Gasteiger partial charge is 0.337 e. The molecule has 0 bridgehead atoms. The van der Waals surface area contributed by atoms with Crippen LogP contribution in [0, 0.1) is 5.82 Å². The minimum Gasteiger partial charge on any atom is -0.337 e. The van der Waals surface area contributed by atoms with E-state index in [-0.39, 0.29) is 24.3 Å². The minimum absolute atomic E-state index is 0. The van der Waals surface area contributed by atoms with Gasteiger partial charge in [-0.15, -0.1) is 12.4 Å². The third-order valence-electron chi connectivity index (χ3n) is 3.88. The van der Waals surface area contributed by atoms with Gasteiger partial charge in [-0.3, -0.25) is 4.90 Å². The van der Waals surface area contributed by atoms with Gasteiger partial charge in [-0.25, -0.2) is 9.37 Å². The van der Waals surface area contributed by atoms with Crippen molar-refractivity contribution < 1.29 is 4.39 Å². The average molecular weight is 390 g/mol. The Kier molecular flexibility index (Phi) is 5.97. The number of nitrogens with one attached hydrogen (secondary N) is 1. The number of hydrogen-bond acceptors (Lipinski definition) is 3. The summed E-state index contributed by atoms with van der Waals surface area (Å²) < 4.78 is 15.9. The van der Waals surface area contributed by atoms with Crippen molar-refractivity contribution in [1.29, 1.82) is 0 Å². The van der Waals surface area contributed by atoms with Crippen LogP contribution in [0.25, 0.3) is 0 Å². The molecule has 2 heterocycles. The summed E-state index contributed by atoms with van der Waals surface area (Å²) >= 11 is 3.25.